The van der Waals surface area contributed by atoms with E-state index in [1.807, 2.05) is 13.8 Å². The van der Waals surface area contributed by atoms with Crippen molar-refractivity contribution in [2.24, 2.45) is 5.92 Å². The van der Waals surface area contributed by atoms with Crippen LogP contribution in [-0.4, -0.2) is 79.4 Å². The Morgan fingerprint density at radius 3 is 2.18 bits per heavy atom. The number of piperidine rings is 1. The lowest BCUT2D eigenvalue weighted by molar-refractivity contribution is -0.149. The van der Waals surface area contributed by atoms with Crippen molar-refractivity contribution in [3.05, 3.63) is 0 Å². The van der Waals surface area contributed by atoms with Crippen molar-refractivity contribution >= 4 is 21.8 Å². The highest BCUT2D eigenvalue weighted by Gasteiger charge is 2.34. The van der Waals surface area contributed by atoms with Gasteiger partial charge in [-0.1, -0.05) is 0 Å². The Kier molecular flexibility index (Phi) is 5.11. The standard InChI is InChI=1S/C14H25N3O4S/c1-11(2)17-9-8-15(10-13(17)18)14(19)12-4-6-16(7-5-12)22(3,20)21/h11-12H,4-10H2,1-3H3. The highest BCUT2D eigenvalue weighted by atomic mass is 32.2. The molecule has 2 aliphatic heterocycles. The van der Waals surface area contributed by atoms with Crippen molar-refractivity contribution in [1.29, 1.82) is 0 Å². The molecule has 7 nitrogen and oxygen atoms in total. The number of carbonyl (C=O) groups is 2. The molecule has 0 aliphatic carbocycles. The fourth-order valence-electron chi connectivity index (χ4n) is 3.11. The molecular weight excluding hydrogens is 306 g/mol. The van der Waals surface area contributed by atoms with Gasteiger partial charge in [-0.3, -0.25) is 9.59 Å². The summed E-state index contributed by atoms with van der Waals surface area (Å²) in [4.78, 5) is 28.0. The van der Waals surface area contributed by atoms with E-state index in [4.69, 9.17) is 0 Å². The third-order valence-corrected chi connectivity index (χ3v) is 5.77. The van der Waals surface area contributed by atoms with Crippen molar-refractivity contribution in [3.8, 4) is 0 Å². The minimum atomic E-state index is -3.18. The molecule has 126 valence electrons. The van der Waals surface area contributed by atoms with Crippen LogP contribution in [0.5, 0.6) is 0 Å². The summed E-state index contributed by atoms with van der Waals surface area (Å²) in [5.74, 6) is -0.190. The lowest BCUT2D eigenvalue weighted by Crippen LogP contribution is -2.56. The van der Waals surface area contributed by atoms with Crippen LogP contribution in [-0.2, 0) is 19.6 Å². The van der Waals surface area contributed by atoms with Crippen molar-refractivity contribution < 1.29 is 18.0 Å². The van der Waals surface area contributed by atoms with Gasteiger partial charge in [0.25, 0.3) is 0 Å². The molecule has 0 saturated carbocycles. The number of nitrogens with zero attached hydrogens (tertiary/aromatic N) is 3. The molecule has 2 saturated heterocycles. The predicted octanol–water partition coefficient (Wildman–Crippen LogP) is -0.263. The van der Waals surface area contributed by atoms with Crippen LogP contribution in [0.15, 0.2) is 0 Å². The third-order valence-electron chi connectivity index (χ3n) is 4.46. The molecule has 0 aromatic carbocycles. The second-order valence-corrected chi connectivity index (χ2v) is 8.36. The highest BCUT2D eigenvalue weighted by molar-refractivity contribution is 7.88. The Hall–Kier alpha value is -1.15. The molecule has 2 aliphatic rings. The molecule has 2 heterocycles. The van der Waals surface area contributed by atoms with Crippen LogP contribution in [0.1, 0.15) is 26.7 Å². The fraction of sp³-hybridized carbons (Fsp3) is 0.857. The van der Waals surface area contributed by atoms with Gasteiger partial charge >= 0.3 is 0 Å². The summed E-state index contributed by atoms with van der Waals surface area (Å²) in [6.07, 6.45) is 2.26. The molecular formula is C14H25N3O4S. The molecule has 2 amide bonds. The Morgan fingerprint density at radius 1 is 1.14 bits per heavy atom. The van der Waals surface area contributed by atoms with Crippen LogP contribution >= 0.6 is 0 Å². The quantitative estimate of drug-likeness (QED) is 0.714. The minimum absolute atomic E-state index is 0.00935. The van der Waals surface area contributed by atoms with Crippen LogP contribution < -0.4 is 0 Å². The molecule has 2 fully saturated rings. The van der Waals surface area contributed by atoms with Crippen LogP contribution in [0.25, 0.3) is 0 Å². The van der Waals surface area contributed by atoms with Gasteiger partial charge in [-0.05, 0) is 26.7 Å². The van der Waals surface area contributed by atoms with E-state index in [0.717, 1.165) is 0 Å². The zero-order valence-electron chi connectivity index (χ0n) is 13.5. The van der Waals surface area contributed by atoms with E-state index in [0.29, 0.717) is 39.0 Å². The normalized spacial score (nSPS) is 22.5. The van der Waals surface area contributed by atoms with Crippen LogP contribution in [0.2, 0.25) is 0 Å². The summed E-state index contributed by atoms with van der Waals surface area (Å²) >= 11 is 0. The molecule has 0 aromatic rings. The van der Waals surface area contributed by atoms with E-state index in [1.54, 1.807) is 9.80 Å². The van der Waals surface area contributed by atoms with Crippen molar-refractivity contribution in [2.45, 2.75) is 32.7 Å². The number of hydrogen-bond donors (Lipinski definition) is 0. The topological polar surface area (TPSA) is 78.0 Å². The lowest BCUT2D eigenvalue weighted by atomic mass is 9.96. The van der Waals surface area contributed by atoms with Gasteiger partial charge in [-0.25, -0.2) is 12.7 Å². The Balaban J connectivity index is 1.90. The number of sulfonamides is 1. The van der Waals surface area contributed by atoms with E-state index < -0.39 is 10.0 Å². The molecule has 0 unspecified atom stereocenters. The molecule has 22 heavy (non-hydrogen) atoms. The van der Waals surface area contributed by atoms with E-state index in [2.05, 4.69) is 0 Å². The average Bonchev–Trinajstić information content (AvgIpc) is 2.45. The summed E-state index contributed by atoms with van der Waals surface area (Å²) in [5, 5.41) is 0. The first-order valence-corrected chi connectivity index (χ1v) is 9.58. The summed E-state index contributed by atoms with van der Waals surface area (Å²) in [7, 11) is -3.18. The SMILES string of the molecule is CC(C)N1CCN(C(=O)C2CCN(S(C)(=O)=O)CC2)CC1=O. The fourth-order valence-corrected chi connectivity index (χ4v) is 3.99. The van der Waals surface area contributed by atoms with Crippen LogP contribution in [0.3, 0.4) is 0 Å². The smallest absolute Gasteiger partial charge is 0.242 e. The predicted molar refractivity (Wildman–Crippen MR) is 82.6 cm³/mol. The van der Waals surface area contributed by atoms with Gasteiger partial charge in [-0.2, -0.15) is 0 Å². The summed E-state index contributed by atoms with van der Waals surface area (Å²) in [6.45, 7) is 5.99. The molecule has 0 N–H and O–H groups in total. The van der Waals surface area contributed by atoms with Gasteiger partial charge in [0, 0.05) is 38.1 Å². The van der Waals surface area contributed by atoms with Crippen molar-refractivity contribution in [2.75, 3.05) is 39.0 Å². The molecule has 2 rings (SSSR count). The van der Waals surface area contributed by atoms with E-state index >= 15 is 0 Å². The molecule has 0 bridgehead atoms. The maximum atomic E-state index is 12.5. The maximum absolute atomic E-state index is 12.5. The summed E-state index contributed by atoms with van der Waals surface area (Å²) in [5.41, 5.74) is 0. The molecule has 0 spiro atoms. The largest absolute Gasteiger partial charge is 0.337 e. The molecule has 8 heteroatoms. The number of hydrogen-bond acceptors (Lipinski definition) is 4. The first-order valence-electron chi connectivity index (χ1n) is 7.73. The van der Waals surface area contributed by atoms with Gasteiger partial charge in [-0.15, -0.1) is 0 Å². The third kappa shape index (κ3) is 3.78. The monoisotopic (exact) mass is 331 g/mol. The van der Waals surface area contributed by atoms with E-state index in [1.165, 1.54) is 10.6 Å². The maximum Gasteiger partial charge on any atom is 0.242 e. The van der Waals surface area contributed by atoms with E-state index in [-0.39, 0.29) is 30.3 Å². The number of amides is 2. The highest BCUT2D eigenvalue weighted by Crippen LogP contribution is 2.22. The van der Waals surface area contributed by atoms with Crippen LogP contribution in [0.4, 0.5) is 0 Å². The first-order chi connectivity index (χ1) is 10.2. The number of piperazine rings is 1. The van der Waals surface area contributed by atoms with Gasteiger partial charge in [0.05, 0.1) is 12.8 Å². The molecule has 0 aromatic heterocycles. The number of carbonyl (C=O) groups excluding carboxylic acids is 2. The number of rotatable bonds is 3. The van der Waals surface area contributed by atoms with Crippen molar-refractivity contribution in [3.63, 3.8) is 0 Å². The van der Waals surface area contributed by atoms with Gasteiger partial charge < -0.3 is 9.80 Å². The molecule has 0 radical (unpaired) electrons. The Morgan fingerprint density at radius 2 is 1.73 bits per heavy atom. The minimum Gasteiger partial charge on any atom is -0.337 e. The summed E-state index contributed by atoms with van der Waals surface area (Å²) in [6, 6.07) is 0.155. The zero-order valence-corrected chi connectivity index (χ0v) is 14.3. The van der Waals surface area contributed by atoms with E-state index in [9.17, 15) is 18.0 Å². The first kappa shape index (κ1) is 17.2. The molecule has 0 atom stereocenters. The average molecular weight is 331 g/mol. The second-order valence-electron chi connectivity index (χ2n) is 6.38. The summed E-state index contributed by atoms with van der Waals surface area (Å²) < 4.78 is 24.4. The van der Waals surface area contributed by atoms with Gasteiger partial charge in [0.1, 0.15) is 0 Å². The Labute approximate surface area is 132 Å². The van der Waals surface area contributed by atoms with Gasteiger partial charge in [0.15, 0.2) is 0 Å². The van der Waals surface area contributed by atoms with Crippen molar-refractivity contribution in [1.82, 2.24) is 14.1 Å². The zero-order chi connectivity index (χ0) is 16.5. The van der Waals surface area contributed by atoms with Gasteiger partial charge in [0.2, 0.25) is 21.8 Å². The lowest BCUT2D eigenvalue weighted by Gasteiger charge is -2.39. The Bertz CT molecular complexity index is 538. The van der Waals surface area contributed by atoms with Crippen LogP contribution in [0, 0.1) is 5.92 Å². The second kappa shape index (κ2) is 6.54.